The van der Waals surface area contributed by atoms with Crippen molar-refractivity contribution in [2.24, 2.45) is 5.92 Å². The Labute approximate surface area is 222 Å². The van der Waals surface area contributed by atoms with Crippen LogP contribution in [0.25, 0.3) is 0 Å². The van der Waals surface area contributed by atoms with E-state index < -0.39 is 21.7 Å². The van der Waals surface area contributed by atoms with E-state index in [4.69, 9.17) is 27.9 Å². The Morgan fingerprint density at radius 3 is 2.25 bits per heavy atom. The van der Waals surface area contributed by atoms with Crippen LogP contribution in [-0.4, -0.2) is 45.2 Å². The molecule has 1 aliphatic carbocycles. The molecule has 0 radical (unpaired) electrons. The maximum Gasteiger partial charge on any atom is 0.267 e. The molecule has 36 heavy (non-hydrogen) atoms. The van der Waals surface area contributed by atoms with E-state index in [1.807, 2.05) is 16.9 Å². The van der Waals surface area contributed by atoms with Gasteiger partial charge in [0.2, 0.25) is 10.0 Å². The minimum absolute atomic E-state index is 0.192. The van der Waals surface area contributed by atoms with Crippen molar-refractivity contribution >= 4 is 39.1 Å². The first-order valence-corrected chi connectivity index (χ1v) is 14.7. The molecule has 2 aromatic carbocycles. The maximum atomic E-state index is 14.7. The van der Waals surface area contributed by atoms with Crippen LogP contribution < -0.4 is 9.46 Å². The van der Waals surface area contributed by atoms with Crippen LogP contribution in [0.1, 0.15) is 66.9 Å². The van der Waals surface area contributed by atoms with Crippen molar-refractivity contribution < 1.29 is 22.3 Å². The molecule has 0 unspecified atom stereocenters. The second-order valence-corrected chi connectivity index (χ2v) is 12.9. The number of halogens is 3. The molecule has 1 amide bonds. The average Bonchev–Trinajstić information content (AvgIpc) is 3.61. The molecule has 2 aromatic rings. The molecule has 4 rings (SSSR count). The van der Waals surface area contributed by atoms with Crippen molar-refractivity contribution in [2.45, 2.75) is 51.0 Å². The summed E-state index contributed by atoms with van der Waals surface area (Å²) in [5.74, 6) is -0.838. The molecule has 196 valence electrons. The quantitative estimate of drug-likeness (QED) is 0.449. The highest BCUT2D eigenvalue weighted by Crippen LogP contribution is 2.45. The Hall–Kier alpha value is -1.87. The minimum atomic E-state index is -3.79. The monoisotopic (exact) mass is 556 g/mol. The van der Waals surface area contributed by atoms with Gasteiger partial charge in [-0.3, -0.25) is 9.69 Å². The van der Waals surface area contributed by atoms with Crippen LogP contribution in [0.3, 0.4) is 0 Å². The molecular formula is C26H31Cl2FN2O4S. The number of rotatable bonds is 8. The highest BCUT2D eigenvalue weighted by molar-refractivity contribution is 7.89. The number of carbonyl (C=O) groups excluding carboxylic acids is 1. The molecule has 1 N–H and O–H groups in total. The molecule has 1 heterocycles. The number of piperidine rings is 1. The van der Waals surface area contributed by atoms with Gasteiger partial charge in [-0.15, -0.1) is 0 Å². The smallest absolute Gasteiger partial charge is 0.267 e. The zero-order chi connectivity index (χ0) is 26.3. The molecule has 1 saturated heterocycles. The van der Waals surface area contributed by atoms with Crippen LogP contribution in [0.5, 0.6) is 5.75 Å². The molecule has 2 fully saturated rings. The van der Waals surface area contributed by atoms with Crippen molar-refractivity contribution in [1.29, 1.82) is 0 Å². The van der Waals surface area contributed by atoms with Crippen LogP contribution in [0.2, 0.25) is 10.0 Å². The standard InChI is InChI=1S/C26H31Cl2FN2O4S/c1-26(2,18-10-19(27)12-20(28)11-18)31-8-6-16(7-9-31)15-35-24-14-23(29)22(13-21(24)17-4-5-17)25(32)30-36(3,33)34/h10-14,16-17H,4-9,15H2,1-3H3,(H,30,32). The number of carbonyl (C=O) groups is 1. The number of ether oxygens (including phenoxy) is 1. The normalized spacial score (nSPS) is 17.7. The van der Waals surface area contributed by atoms with E-state index >= 15 is 0 Å². The zero-order valence-corrected chi connectivity index (χ0v) is 22.9. The molecule has 0 bridgehead atoms. The second-order valence-electron chi connectivity index (χ2n) is 10.3. The van der Waals surface area contributed by atoms with Gasteiger partial charge in [0.1, 0.15) is 11.6 Å². The zero-order valence-electron chi connectivity index (χ0n) is 20.6. The number of likely N-dealkylation sites (tertiary alicyclic amines) is 1. The Morgan fingerprint density at radius 1 is 1.08 bits per heavy atom. The fraction of sp³-hybridized carbons (Fsp3) is 0.500. The number of sulfonamides is 1. The van der Waals surface area contributed by atoms with Gasteiger partial charge >= 0.3 is 0 Å². The van der Waals surface area contributed by atoms with Gasteiger partial charge in [-0.2, -0.15) is 0 Å². The largest absolute Gasteiger partial charge is 0.493 e. The SMILES string of the molecule is CC(C)(c1cc(Cl)cc(Cl)c1)N1CCC(COc2cc(F)c(C(=O)NS(C)(=O)=O)cc2C2CC2)CC1. The number of benzene rings is 2. The van der Waals surface area contributed by atoms with E-state index in [0.717, 1.165) is 56.2 Å². The third kappa shape index (κ3) is 6.52. The average molecular weight is 558 g/mol. The summed E-state index contributed by atoms with van der Waals surface area (Å²) in [6.45, 7) is 6.53. The van der Waals surface area contributed by atoms with E-state index in [-0.39, 0.29) is 17.0 Å². The Kier molecular flexibility index (Phi) is 7.91. The van der Waals surface area contributed by atoms with Crippen molar-refractivity contribution in [3.8, 4) is 5.75 Å². The van der Waals surface area contributed by atoms with Crippen molar-refractivity contribution in [3.63, 3.8) is 0 Å². The molecule has 1 saturated carbocycles. The second kappa shape index (κ2) is 10.5. The van der Waals surface area contributed by atoms with Gasteiger partial charge in [-0.1, -0.05) is 23.2 Å². The summed E-state index contributed by atoms with van der Waals surface area (Å²) in [5.41, 5.74) is 1.31. The first-order valence-electron chi connectivity index (χ1n) is 12.0. The molecule has 0 aromatic heterocycles. The number of nitrogens with zero attached hydrogens (tertiary/aromatic N) is 1. The van der Waals surface area contributed by atoms with E-state index in [0.29, 0.717) is 28.3 Å². The highest BCUT2D eigenvalue weighted by atomic mass is 35.5. The van der Waals surface area contributed by atoms with Gasteiger partial charge in [0.15, 0.2) is 0 Å². The third-order valence-electron chi connectivity index (χ3n) is 7.09. The van der Waals surface area contributed by atoms with Gasteiger partial charge in [0, 0.05) is 21.7 Å². The Balaban J connectivity index is 1.40. The lowest BCUT2D eigenvalue weighted by Crippen LogP contribution is -2.46. The van der Waals surface area contributed by atoms with E-state index in [9.17, 15) is 17.6 Å². The lowest BCUT2D eigenvalue weighted by Gasteiger charge is -2.43. The van der Waals surface area contributed by atoms with Gasteiger partial charge in [-0.25, -0.2) is 17.5 Å². The highest BCUT2D eigenvalue weighted by Gasteiger charge is 2.34. The number of hydrogen-bond donors (Lipinski definition) is 1. The fourth-order valence-corrected chi connectivity index (χ4v) is 5.74. The predicted octanol–water partition coefficient (Wildman–Crippen LogP) is 5.73. The first-order chi connectivity index (χ1) is 16.8. The van der Waals surface area contributed by atoms with Crippen LogP contribution in [-0.2, 0) is 15.6 Å². The number of hydrogen-bond acceptors (Lipinski definition) is 5. The van der Waals surface area contributed by atoms with Gasteiger partial charge in [0.25, 0.3) is 5.91 Å². The van der Waals surface area contributed by atoms with Crippen molar-refractivity contribution in [2.75, 3.05) is 26.0 Å². The lowest BCUT2D eigenvalue weighted by molar-refractivity contribution is 0.0596. The Bertz CT molecular complexity index is 1240. The topological polar surface area (TPSA) is 75.7 Å². The maximum absolute atomic E-state index is 14.7. The van der Waals surface area contributed by atoms with Crippen LogP contribution >= 0.6 is 23.2 Å². The summed E-state index contributed by atoms with van der Waals surface area (Å²) in [4.78, 5) is 14.7. The summed E-state index contributed by atoms with van der Waals surface area (Å²) >= 11 is 12.5. The number of amides is 1. The van der Waals surface area contributed by atoms with Gasteiger partial charge in [0.05, 0.1) is 18.4 Å². The van der Waals surface area contributed by atoms with Crippen LogP contribution in [0, 0.1) is 11.7 Å². The molecule has 2 aliphatic rings. The molecule has 10 heteroatoms. The van der Waals surface area contributed by atoms with E-state index in [1.165, 1.54) is 12.1 Å². The summed E-state index contributed by atoms with van der Waals surface area (Å²) in [7, 11) is -3.79. The summed E-state index contributed by atoms with van der Waals surface area (Å²) in [6.07, 6.45) is 4.56. The minimum Gasteiger partial charge on any atom is -0.493 e. The molecular weight excluding hydrogens is 526 g/mol. The van der Waals surface area contributed by atoms with Crippen LogP contribution in [0.4, 0.5) is 4.39 Å². The molecule has 1 aliphatic heterocycles. The van der Waals surface area contributed by atoms with Crippen molar-refractivity contribution in [1.82, 2.24) is 9.62 Å². The lowest BCUT2D eigenvalue weighted by atomic mass is 9.88. The summed E-state index contributed by atoms with van der Waals surface area (Å²) in [5, 5.41) is 1.24. The van der Waals surface area contributed by atoms with Crippen LogP contribution in [0.15, 0.2) is 30.3 Å². The van der Waals surface area contributed by atoms with Gasteiger partial charge in [-0.05, 0) is 99.8 Å². The molecule has 6 nitrogen and oxygen atoms in total. The molecule has 0 spiro atoms. The Morgan fingerprint density at radius 2 is 1.69 bits per heavy atom. The van der Waals surface area contributed by atoms with Crippen molar-refractivity contribution in [3.05, 3.63) is 62.9 Å². The summed E-state index contributed by atoms with van der Waals surface area (Å²) in [6, 6.07) is 8.29. The fourth-order valence-electron chi connectivity index (χ4n) is 4.76. The predicted molar refractivity (Wildman–Crippen MR) is 140 cm³/mol. The van der Waals surface area contributed by atoms with Gasteiger partial charge < -0.3 is 4.74 Å². The van der Waals surface area contributed by atoms with E-state index in [1.54, 1.807) is 6.07 Å². The third-order valence-corrected chi connectivity index (χ3v) is 8.08. The number of nitrogens with one attached hydrogen (secondary N) is 1. The molecule has 0 atom stereocenters. The summed E-state index contributed by atoms with van der Waals surface area (Å²) < 4.78 is 45.5. The first kappa shape index (κ1) is 27.2. The van der Waals surface area contributed by atoms with E-state index in [2.05, 4.69) is 18.7 Å².